The Balaban J connectivity index is 3.04. The van der Waals surface area contributed by atoms with Crippen LogP contribution in [-0.2, 0) is 4.74 Å². The summed E-state index contributed by atoms with van der Waals surface area (Å²) in [4.78, 5) is 2.01. The molecule has 0 unspecified atom stereocenters. The van der Waals surface area contributed by atoms with Gasteiger partial charge in [0.05, 0.1) is 22.9 Å². The van der Waals surface area contributed by atoms with Crippen molar-refractivity contribution in [1.29, 1.82) is 5.26 Å². The van der Waals surface area contributed by atoms with E-state index < -0.39 is 0 Å². The number of nitrogens with zero attached hydrogens (tertiary/aromatic N) is 2. The molecule has 0 aliphatic rings. The smallest absolute Gasteiger partial charge is 0.103 e. The molecule has 0 atom stereocenters. The Morgan fingerprint density at radius 3 is 2.94 bits per heavy atom. The Bertz CT molecular complexity index is 426. The van der Waals surface area contributed by atoms with Gasteiger partial charge in [-0.15, -0.1) is 6.58 Å². The molecule has 0 bridgehead atoms. The van der Waals surface area contributed by atoms with Crippen LogP contribution in [0.15, 0.2) is 30.9 Å². The molecule has 1 aromatic carbocycles. The summed E-state index contributed by atoms with van der Waals surface area (Å²) in [7, 11) is 1.65. The molecule has 4 heteroatoms. The van der Waals surface area contributed by atoms with Crippen LogP contribution in [0.2, 0.25) is 5.02 Å². The highest BCUT2D eigenvalue weighted by atomic mass is 35.5. The Morgan fingerprint density at radius 2 is 2.35 bits per heavy atom. The first-order valence-corrected chi connectivity index (χ1v) is 5.65. The van der Waals surface area contributed by atoms with E-state index in [1.54, 1.807) is 19.3 Å². The molecule has 0 aliphatic heterocycles. The number of nitriles is 1. The largest absolute Gasteiger partial charge is 0.383 e. The van der Waals surface area contributed by atoms with Crippen LogP contribution < -0.4 is 4.90 Å². The summed E-state index contributed by atoms with van der Waals surface area (Å²) in [6.07, 6.45) is 1.79. The van der Waals surface area contributed by atoms with Crippen LogP contribution in [0.4, 0.5) is 5.69 Å². The zero-order valence-electron chi connectivity index (χ0n) is 9.82. The van der Waals surface area contributed by atoms with Gasteiger partial charge in [-0.1, -0.05) is 23.7 Å². The molecule has 0 fully saturated rings. The second-order valence-electron chi connectivity index (χ2n) is 3.47. The van der Waals surface area contributed by atoms with Gasteiger partial charge in [0.25, 0.3) is 0 Å². The van der Waals surface area contributed by atoms with Crippen molar-refractivity contribution in [2.75, 3.05) is 31.7 Å². The number of anilines is 1. The van der Waals surface area contributed by atoms with Gasteiger partial charge in [0.1, 0.15) is 6.07 Å². The van der Waals surface area contributed by atoms with Crippen molar-refractivity contribution in [3.8, 4) is 6.07 Å². The van der Waals surface area contributed by atoms with Crippen molar-refractivity contribution in [2.24, 2.45) is 0 Å². The van der Waals surface area contributed by atoms with E-state index in [0.29, 0.717) is 30.3 Å². The summed E-state index contributed by atoms with van der Waals surface area (Å²) in [5.74, 6) is 0. The lowest BCUT2D eigenvalue weighted by molar-refractivity contribution is 0.206. The minimum Gasteiger partial charge on any atom is -0.383 e. The lowest BCUT2D eigenvalue weighted by atomic mass is 10.1. The summed E-state index contributed by atoms with van der Waals surface area (Å²) < 4.78 is 5.05. The Morgan fingerprint density at radius 1 is 1.59 bits per heavy atom. The highest BCUT2D eigenvalue weighted by Gasteiger charge is 2.12. The van der Waals surface area contributed by atoms with Gasteiger partial charge >= 0.3 is 0 Å². The van der Waals surface area contributed by atoms with E-state index in [4.69, 9.17) is 21.6 Å². The van der Waals surface area contributed by atoms with E-state index in [-0.39, 0.29) is 0 Å². The molecule has 0 saturated carbocycles. The summed E-state index contributed by atoms with van der Waals surface area (Å²) >= 11 is 6.00. The van der Waals surface area contributed by atoms with E-state index >= 15 is 0 Å². The zero-order chi connectivity index (χ0) is 12.7. The molecule has 3 nitrogen and oxygen atoms in total. The first-order chi connectivity index (χ1) is 8.24. The molecular formula is C13H15ClN2O. The van der Waals surface area contributed by atoms with Crippen LogP contribution in [0.3, 0.4) is 0 Å². The molecule has 0 spiro atoms. The van der Waals surface area contributed by atoms with Crippen molar-refractivity contribution < 1.29 is 4.74 Å². The van der Waals surface area contributed by atoms with Crippen molar-refractivity contribution in [3.05, 3.63) is 41.4 Å². The zero-order valence-corrected chi connectivity index (χ0v) is 10.6. The third-order valence-corrected chi connectivity index (χ3v) is 2.67. The van der Waals surface area contributed by atoms with E-state index in [1.165, 1.54) is 0 Å². The molecule has 0 saturated heterocycles. The van der Waals surface area contributed by atoms with E-state index in [0.717, 1.165) is 5.69 Å². The normalized spacial score (nSPS) is 9.71. The predicted octanol–water partition coefficient (Wildman–Crippen LogP) is 2.85. The number of ether oxygens (including phenoxy) is 1. The number of methoxy groups -OCH3 is 1. The molecule has 0 aliphatic carbocycles. The van der Waals surface area contributed by atoms with Gasteiger partial charge in [0.2, 0.25) is 0 Å². The Kier molecular flexibility index (Phi) is 5.55. The molecule has 1 aromatic rings. The molecular weight excluding hydrogens is 236 g/mol. The average Bonchev–Trinajstić information content (AvgIpc) is 2.34. The van der Waals surface area contributed by atoms with Crippen LogP contribution in [0.25, 0.3) is 0 Å². The monoisotopic (exact) mass is 250 g/mol. The molecule has 0 amide bonds. The summed E-state index contributed by atoms with van der Waals surface area (Å²) in [5, 5.41) is 9.59. The van der Waals surface area contributed by atoms with Gasteiger partial charge in [0, 0.05) is 20.2 Å². The van der Waals surface area contributed by atoms with Gasteiger partial charge in [0.15, 0.2) is 0 Å². The van der Waals surface area contributed by atoms with Crippen LogP contribution >= 0.6 is 11.6 Å². The maximum absolute atomic E-state index is 9.12. The molecule has 17 heavy (non-hydrogen) atoms. The second kappa shape index (κ2) is 6.95. The highest BCUT2D eigenvalue weighted by molar-refractivity contribution is 6.32. The molecule has 0 N–H and O–H groups in total. The third-order valence-electron chi connectivity index (χ3n) is 2.36. The van der Waals surface area contributed by atoms with Crippen molar-refractivity contribution in [1.82, 2.24) is 0 Å². The van der Waals surface area contributed by atoms with Gasteiger partial charge < -0.3 is 9.64 Å². The molecule has 0 aromatic heterocycles. The molecule has 1 rings (SSSR count). The molecule has 0 heterocycles. The Labute approximate surface area is 107 Å². The minimum absolute atomic E-state index is 0.469. The van der Waals surface area contributed by atoms with E-state index in [9.17, 15) is 0 Å². The summed E-state index contributed by atoms with van der Waals surface area (Å²) in [6.45, 7) is 5.65. The lowest BCUT2D eigenvalue weighted by Crippen LogP contribution is -2.28. The second-order valence-corrected chi connectivity index (χ2v) is 3.88. The van der Waals surface area contributed by atoms with Crippen LogP contribution in [0, 0.1) is 11.3 Å². The third kappa shape index (κ3) is 3.48. The van der Waals surface area contributed by atoms with Gasteiger partial charge in [-0.3, -0.25) is 0 Å². The highest BCUT2D eigenvalue weighted by Crippen LogP contribution is 2.26. The fourth-order valence-corrected chi connectivity index (χ4v) is 1.77. The minimum atomic E-state index is 0.469. The van der Waals surface area contributed by atoms with Gasteiger partial charge in [-0.2, -0.15) is 5.26 Å². The molecule has 90 valence electrons. The van der Waals surface area contributed by atoms with Crippen LogP contribution in [0.1, 0.15) is 5.56 Å². The van der Waals surface area contributed by atoms with Gasteiger partial charge in [-0.25, -0.2) is 0 Å². The first kappa shape index (κ1) is 13.6. The quantitative estimate of drug-likeness (QED) is 0.729. The van der Waals surface area contributed by atoms with E-state index in [2.05, 4.69) is 12.6 Å². The maximum Gasteiger partial charge on any atom is 0.103 e. The fourth-order valence-electron chi connectivity index (χ4n) is 1.55. The topological polar surface area (TPSA) is 36.3 Å². The fraction of sp³-hybridized carbons (Fsp3) is 0.308. The Hall–Kier alpha value is -1.50. The molecule has 0 radical (unpaired) electrons. The number of rotatable bonds is 6. The van der Waals surface area contributed by atoms with Crippen molar-refractivity contribution in [3.63, 3.8) is 0 Å². The van der Waals surface area contributed by atoms with Crippen LogP contribution in [-0.4, -0.2) is 26.8 Å². The summed E-state index contributed by atoms with van der Waals surface area (Å²) in [6, 6.07) is 7.56. The first-order valence-electron chi connectivity index (χ1n) is 5.28. The SMILES string of the molecule is C=CCN(CCOC)c1cccc(Cl)c1C#N. The average molecular weight is 251 g/mol. The number of halogens is 1. The number of hydrogen-bond donors (Lipinski definition) is 0. The number of hydrogen-bond acceptors (Lipinski definition) is 3. The lowest BCUT2D eigenvalue weighted by Gasteiger charge is -2.24. The maximum atomic E-state index is 9.12. The predicted molar refractivity (Wildman–Crippen MR) is 70.5 cm³/mol. The standard InChI is InChI=1S/C13H15ClN2O/c1-3-7-16(8-9-17-2)13-6-4-5-12(14)11(13)10-15/h3-6H,1,7-9H2,2H3. The number of benzene rings is 1. The summed E-state index contributed by atoms with van der Waals surface area (Å²) in [5.41, 5.74) is 1.31. The van der Waals surface area contributed by atoms with E-state index in [1.807, 2.05) is 17.0 Å². The van der Waals surface area contributed by atoms with Crippen molar-refractivity contribution >= 4 is 17.3 Å². The van der Waals surface area contributed by atoms with Crippen molar-refractivity contribution in [2.45, 2.75) is 0 Å². The van der Waals surface area contributed by atoms with Crippen LogP contribution in [0.5, 0.6) is 0 Å². The van der Waals surface area contributed by atoms with Gasteiger partial charge in [-0.05, 0) is 12.1 Å².